The Morgan fingerprint density at radius 2 is 2.00 bits per heavy atom. The van der Waals surface area contributed by atoms with Crippen molar-refractivity contribution in [3.8, 4) is 0 Å². The third-order valence-electron chi connectivity index (χ3n) is 1.97. The Hall–Kier alpha value is -0.840. The summed E-state index contributed by atoms with van der Waals surface area (Å²) < 4.78 is 0. The van der Waals surface area contributed by atoms with E-state index in [4.69, 9.17) is 5.11 Å². The van der Waals surface area contributed by atoms with Crippen molar-refractivity contribution in [3.63, 3.8) is 0 Å². The summed E-state index contributed by atoms with van der Waals surface area (Å²) in [6.07, 6.45) is 0.313. The zero-order valence-electron chi connectivity index (χ0n) is 9.38. The number of aliphatic imine (C=N–C) groups is 1. The van der Waals surface area contributed by atoms with Crippen LogP contribution in [0.3, 0.4) is 0 Å². The van der Waals surface area contributed by atoms with Crippen molar-refractivity contribution in [3.05, 3.63) is 35.9 Å². The maximum absolute atomic E-state index is 11.5. The Morgan fingerprint density at radius 3 is 2.44 bits per heavy atom. The van der Waals surface area contributed by atoms with E-state index in [1.807, 2.05) is 0 Å². The van der Waals surface area contributed by atoms with Gasteiger partial charge in [-0.2, -0.15) is 0 Å². The summed E-state index contributed by atoms with van der Waals surface area (Å²) in [7, 11) is 0. The van der Waals surface area contributed by atoms with E-state index in [1.54, 1.807) is 37.3 Å². The second kappa shape index (κ2) is 7.44. The van der Waals surface area contributed by atoms with Crippen molar-refractivity contribution in [1.82, 2.24) is 0 Å². The Kier molecular flexibility index (Phi) is 7.05. The Labute approximate surface area is 116 Å². The molecule has 0 amide bonds. The molecule has 5 heteroatoms. The van der Waals surface area contributed by atoms with Gasteiger partial charge in [-0.05, 0) is 17.9 Å². The van der Waals surface area contributed by atoms with Crippen LogP contribution in [0.5, 0.6) is 0 Å². The number of nitrogens with zero attached hydrogens (tertiary/aromatic N) is 1. The SMILES string of the molecule is CC[C@H](N=C([O-])c1ccccc1)C(=O)O.[Na+]. The van der Waals surface area contributed by atoms with Gasteiger partial charge in [-0.15, -0.1) is 0 Å². The van der Waals surface area contributed by atoms with E-state index in [0.717, 1.165) is 0 Å². The van der Waals surface area contributed by atoms with Crippen molar-refractivity contribution in [1.29, 1.82) is 0 Å². The third kappa shape index (κ3) is 4.35. The summed E-state index contributed by atoms with van der Waals surface area (Å²) in [6, 6.07) is 7.49. The molecule has 4 nitrogen and oxygen atoms in total. The largest absolute Gasteiger partial charge is 1.00 e. The molecule has 1 atom stereocenters. The van der Waals surface area contributed by atoms with Gasteiger partial charge in [0.25, 0.3) is 0 Å². The molecule has 0 aromatic heterocycles. The van der Waals surface area contributed by atoms with Crippen LogP contribution in [0.25, 0.3) is 0 Å². The van der Waals surface area contributed by atoms with Crippen LogP contribution in [0.2, 0.25) is 0 Å². The van der Waals surface area contributed by atoms with Gasteiger partial charge >= 0.3 is 35.5 Å². The molecule has 1 N–H and O–H groups in total. The molecule has 0 bridgehead atoms. The molecule has 0 saturated heterocycles. The number of carboxylic acids is 1. The van der Waals surface area contributed by atoms with Gasteiger partial charge in [0.1, 0.15) is 6.04 Å². The number of hydrogen-bond acceptors (Lipinski definition) is 3. The molecule has 0 saturated carbocycles. The zero-order valence-corrected chi connectivity index (χ0v) is 11.4. The molecule has 1 aromatic carbocycles. The smallest absolute Gasteiger partial charge is 0.858 e. The summed E-state index contributed by atoms with van der Waals surface area (Å²) in [5.41, 5.74) is 0.414. The first-order valence-electron chi connectivity index (χ1n) is 4.68. The standard InChI is InChI=1S/C11H13NO3.Na/c1-2-9(11(14)15)12-10(13)8-6-4-3-5-7-8;/h3-7,9H,2H2,1H3,(H,12,13)(H,14,15);/q;+1/p-1/t9-;/m0./s1. The molecule has 0 spiro atoms. The second-order valence-electron chi connectivity index (χ2n) is 3.06. The van der Waals surface area contributed by atoms with E-state index in [1.165, 1.54) is 0 Å². The molecule has 0 unspecified atom stereocenters. The van der Waals surface area contributed by atoms with E-state index in [-0.39, 0.29) is 29.6 Å². The maximum atomic E-state index is 11.5. The molecule has 0 heterocycles. The van der Waals surface area contributed by atoms with Gasteiger partial charge in [-0.25, -0.2) is 4.79 Å². The first-order chi connectivity index (χ1) is 7.15. The van der Waals surface area contributed by atoms with Crippen LogP contribution in [-0.4, -0.2) is 23.0 Å². The Bertz CT molecular complexity index is 365. The van der Waals surface area contributed by atoms with E-state index in [9.17, 15) is 9.90 Å². The molecule has 0 aliphatic heterocycles. The Balaban J connectivity index is 0.00000225. The fraction of sp³-hybridized carbons (Fsp3) is 0.273. The number of hydrogen-bond donors (Lipinski definition) is 1. The molecule has 1 aromatic rings. The van der Waals surface area contributed by atoms with Crippen molar-refractivity contribution < 1.29 is 44.6 Å². The number of carbonyl (C=O) groups is 1. The van der Waals surface area contributed by atoms with Gasteiger partial charge in [0.05, 0.1) is 0 Å². The van der Waals surface area contributed by atoms with E-state index in [2.05, 4.69) is 4.99 Å². The van der Waals surface area contributed by atoms with Crippen LogP contribution in [0.15, 0.2) is 35.3 Å². The number of aliphatic carboxylic acids is 1. The molecule has 0 radical (unpaired) electrons. The number of benzene rings is 1. The predicted octanol–water partition coefficient (Wildman–Crippen LogP) is -2.34. The first-order valence-corrected chi connectivity index (χ1v) is 4.68. The molecule has 16 heavy (non-hydrogen) atoms. The van der Waals surface area contributed by atoms with Crippen LogP contribution in [0, 0.1) is 0 Å². The summed E-state index contributed by atoms with van der Waals surface area (Å²) in [5, 5.41) is 20.2. The van der Waals surface area contributed by atoms with Crippen LogP contribution < -0.4 is 34.7 Å². The van der Waals surface area contributed by atoms with Crippen LogP contribution in [0.1, 0.15) is 18.9 Å². The van der Waals surface area contributed by atoms with Gasteiger partial charge in [-0.3, -0.25) is 4.99 Å². The average molecular weight is 229 g/mol. The number of rotatable bonds is 4. The van der Waals surface area contributed by atoms with Crippen molar-refractivity contribution in [2.75, 3.05) is 0 Å². The molecular formula is C11H12NNaO3. The molecule has 1 rings (SSSR count). The topological polar surface area (TPSA) is 72.7 Å². The minimum absolute atomic E-state index is 0. The summed E-state index contributed by atoms with van der Waals surface area (Å²) in [4.78, 5) is 14.3. The second-order valence-corrected chi connectivity index (χ2v) is 3.06. The molecule has 0 aliphatic rings. The summed E-state index contributed by atoms with van der Waals surface area (Å²) in [6.45, 7) is 1.68. The average Bonchev–Trinajstić information content (AvgIpc) is 2.26. The van der Waals surface area contributed by atoms with E-state index in [0.29, 0.717) is 12.0 Å². The van der Waals surface area contributed by atoms with Gasteiger partial charge in [0.2, 0.25) is 0 Å². The molecule has 80 valence electrons. The fourth-order valence-corrected chi connectivity index (χ4v) is 1.12. The van der Waals surface area contributed by atoms with Crippen LogP contribution >= 0.6 is 0 Å². The summed E-state index contributed by atoms with van der Waals surface area (Å²) in [5.74, 6) is -1.55. The minimum Gasteiger partial charge on any atom is -0.858 e. The van der Waals surface area contributed by atoms with Gasteiger partial charge in [0.15, 0.2) is 0 Å². The molecule has 0 fully saturated rings. The minimum atomic E-state index is -1.07. The zero-order chi connectivity index (χ0) is 11.3. The summed E-state index contributed by atoms with van der Waals surface area (Å²) >= 11 is 0. The van der Waals surface area contributed by atoms with Crippen LogP contribution in [-0.2, 0) is 4.79 Å². The molecular weight excluding hydrogens is 217 g/mol. The van der Waals surface area contributed by atoms with Gasteiger partial charge < -0.3 is 10.2 Å². The van der Waals surface area contributed by atoms with E-state index < -0.39 is 17.9 Å². The first kappa shape index (κ1) is 15.2. The van der Waals surface area contributed by atoms with Crippen molar-refractivity contribution >= 4 is 11.9 Å². The van der Waals surface area contributed by atoms with Crippen LogP contribution in [0.4, 0.5) is 0 Å². The van der Waals surface area contributed by atoms with Crippen molar-refractivity contribution in [2.24, 2.45) is 4.99 Å². The Morgan fingerprint density at radius 1 is 1.44 bits per heavy atom. The van der Waals surface area contributed by atoms with Gasteiger partial charge in [0, 0.05) is 0 Å². The quantitative estimate of drug-likeness (QED) is 0.357. The maximum Gasteiger partial charge on any atom is 1.00 e. The third-order valence-corrected chi connectivity index (χ3v) is 1.97. The van der Waals surface area contributed by atoms with E-state index >= 15 is 0 Å². The normalized spacial score (nSPS) is 12.7. The van der Waals surface area contributed by atoms with Crippen molar-refractivity contribution in [2.45, 2.75) is 19.4 Å². The van der Waals surface area contributed by atoms with Gasteiger partial charge in [-0.1, -0.05) is 37.3 Å². The molecule has 0 aliphatic carbocycles. The monoisotopic (exact) mass is 229 g/mol. The fourth-order valence-electron chi connectivity index (χ4n) is 1.12. The number of carboxylic acid groups (broad SMARTS) is 1. The predicted molar refractivity (Wildman–Crippen MR) is 54.7 cm³/mol.